The van der Waals surface area contributed by atoms with Gasteiger partial charge in [0.2, 0.25) is 0 Å². The number of amides is 1. The molecule has 0 saturated carbocycles. The summed E-state index contributed by atoms with van der Waals surface area (Å²) in [5.74, 6) is 5.64. The topological polar surface area (TPSA) is 62.2 Å². The number of nitrogens with one attached hydrogen (secondary N) is 1. The van der Waals surface area contributed by atoms with Crippen LogP contribution in [0.4, 0.5) is 5.82 Å². The van der Waals surface area contributed by atoms with Crippen LogP contribution in [0.1, 0.15) is 27.0 Å². The van der Waals surface area contributed by atoms with Gasteiger partial charge in [-0.2, -0.15) is 0 Å². The molecule has 2 aromatic rings. The molecule has 1 aromatic carbocycles. The SMILES string of the molecule is Cc1ccc(C(=O)Nc2ncccc2C)c(C#CCO)c1. The Morgan fingerprint density at radius 3 is 2.86 bits per heavy atom. The smallest absolute Gasteiger partial charge is 0.258 e. The first-order valence-electron chi connectivity index (χ1n) is 6.55. The molecule has 0 spiro atoms. The Bertz CT molecular complexity index is 727. The summed E-state index contributed by atoms with van der Waals surface area (Å²) in [5.41, 5.74) is 2.95. The molecule has 4 nitrogen and oxygen atoms in total. The Kier molecular flexibility index (Phi) is 4.70. The summed E-state index contributed by atoms with van der Waals surface area (Å²) in [7, 11) is 0. The highest BCUT2D eigenvalue weighted by Gasteiger charge is 2.12. The van der Waals surface area contributed by atoms with E-state index in [1.165, 1.54) is 0 Å². The molecule has 1 amide bonds. The first kappa shape index (κ1) is 14.8. The van der Waals surface area contributed by atoms with Gasteiger partial charge in [0.05, 0.1) is 5.56 Å². The van der Waals surface area contributed by atoms with Gasteiger partial charge in [-0.15, -0.1) is 0 Å². The van der Waals surface area contributed by atoms with E-state index in [2.05, 4.69) is 22.1 Å². The van der Waals surface area contributed by atoms with Crippen LogP contribution in [0.3, 0.4) is 0 Å². The maximum absolute atomic E-state index is 12.4. The van der Waals surface area contributed by atoms with E-state index in [0.717, 1.165) is 11.1 Å². The van der Waals surface area contributed by atoms with Crippen LogP contribution in [0, 0.1) is 25.7 Å². The first-order chi connectivity index (χ1) is 10.1. The number of aliphatic hydroxyl groups excluding tert-OH is 1. The van der Waals surface area contributed by atoms with E-state index in [0.29, 0.717) is 16.9 Å². The number of anilines is 1. The van der Waals surface area contributed by atoms with Gasteiger partial charge in [-0.25, -0.2) is 4.98 Å². The fraction of sp³-hybridized carbons (Fsp3) is 0.176. The highest BCUT2D eigenvalue weighted by atomic mass is 16.2. The molecule has 2 N–H and O–H groups in total. The average molecular weight is 280 g/mol. The van der Waals surface area contributed by atoms with Crippen molar-refractivity contribution in [2.75, 3.05) is 11.9 Å². The van der Waals surface area contributed by atoms with E-state index < -0.39 is 0 Å². The third kappa shape index (κ3) is 3.68. The normalized spacial score (nSPS) is 9.67. The molecule has 21 heavy (non-hydrogen) atoms. The number of rotatable bonds is 2. The summed E-state index contributed by atoms with van der Waals surface area (Å²) in [6.45, 7) is 3.56. The van der Waals surface area contributed by atoms with Crippen molar-refractivity contribution in [1.82, 2.24) is 4.98 Å². The minimum atomic E-state index is -0.265. The Morgan fingerprint density at radius 2 is 2.14 bits per heavy atom. The molecule has 1 heterocycles. The maximum Gasteiger partial charge on any atom is 0.258 e. The number of nitrogens with zero attached hydrogens (tertiary/aromatic N) is 1. The lowest BCUT2D eigenvalue weighted by atomic mass is 10.0. The van der Waals surface area contributed by atoms with Gasteiger partial charge >= 0.3 is 0 Å². The number of benzene rings is 1. The van der Waals surface area contributed by atoms with Gasteiger partial charge in [-0.3, -0.25) is 4.79 Å². The number of aliphatic hydroxyl groups is 1. The van der Waals surface area contributed by atoms with Crippen molar-refractivity contribution in [3.63, 3.8) is 0 Å². The van der Waals surface area contributed by atoms with Crippen molar-refractivity contribution in [3.05, 3.63) is 58.8 Å². The number of aromatic nitrogens is 1. The molecule has 2 rings (SSSR count). The molecule has 0 fully saturated rings. The van der Waals surface area contributed by atoms with Crippen LogP contribution in [0.2, 0.25) is 0 Å². The molecule has 0 aliphatic carbocycles. The van der Waals surface area contributed by atoms with Gasteiger partial charge in [-0.05, 0) is 43.2 Å². The number of carbonyl (C=O) groups is 1. The summed E-state index contributed by atoms with van der Waals surface area (Å²) in [6.07, 6.45) is 1.63. The lowest BCUT2D eigenvalue weighted by Crippen LogP contribution is -2.15. The third-order valence-electron chi connectivity index (χ3n) is 2.96. The van der Waals surface area contributed by atoms with Crippen molar-refractivity contribution in [3.8, 4) is 11.8 Å². The number of pyridine rings is 1. The Labute approximate surface area is 123 Å². The summed E-state index contributed by atoms with van der Waals surface area (Å²) in [6, 6.07) is 9.09. The lowest BCUT2D eigenvalue weighted by Gasteiger charge is -2.09. The standard InChI is InChI=1S/C17H16N2O2/c1-12-7-8-15(14(11-12)6-4-10-20)17(21)19-16-13(2)5-3-9-18-16/h3,5,7-9,11,20H,10H2,1-2H3,(H,18,19,21). The molecule has 106 valence electrons. The van der Waals surface area contributed by atoms with E-state index in [-0.39, 0.29) is 12.5 Å². The second kappa shape index (κ2) is 6.69. The highest BCUT2D eigenvalue weighted by molar-refractivity contribution is 6.05. The summed E-state index contributed by atoms with van der Waals surface area (Å²) < 4.78 is 0. The summed E-state index contributed by atoms with van der Waals surface area (Å²) in [4.78, 5) is 16.5. The van der Waals surface area contributed by atoms with E-state index >= 15 is 0 Å². The van der Waals surface area contributed by atoms with Gasteiger partial charge in [0.1, 0.15) is 12.4 Å². The zero-order valence-electron chi connectivity index (χ0n) is 12.0. The van der Waals surface area contributed by atoms with E-state index in [4.69, 9.17) is 5.11 Å². The monoisotopic (exact) mass is 280 g/mol. The molecular weight excluding hydrogens is 264 g/mol. The molecule has 4 heteroatoms. The Balaban J connectivity index is 2.33. The van der Waals surface area contributed by atoms with Crippen molar-refractivity contribution >= 4 is 11.7 Å². The Hall–Kier alpha value is -2.64. The minimum absolute atomic E-state index is 0.242. The van der Waals surface area contributed by atoms with E-state index in [1.807, 2.05) is 38.1 Å². The minimum Gasteiger partial charge on any atom is -0.384 e. The first-order valence-corrected chi connectivity index (χ1v) is 6.55. The van der Waals surface area contributed by atoms with Crippen LogP contribution >= 0.6 is 0 Å². The molecule has 0 unspecified atom stereocenters. The molecule has 1 aromatic heterocycles. The van der Waals surface area contributed by atoms with Crippen molar-refractivity contribution in [1.29, 1.82) is 0 Å². The van der Waals surface area contributed by atoms with Crippen molar-refractivity contribution in [2.24, 2.45) is 0 Å². The molecule has 0 aliphatic heterocycles. The number of hydrogen-bond donors (Lipinski definition) is 2. The van der Waals surface area contributed by atoms with Crippen LogP contribution in [0.25, 0.3) is 0 Å². The quantitative estimate of drug-likeness (QED) is 0.830. The van der Waals surface area contributed by atoms with Crippen LogP contribution in [0.15, 0.2) is 36.5 Å². The molecule has 0 atom stereocenters. The molecule has 0 radical (unpaired) electrons. The Morgan fingerprint density at radius 1 is 1.33 bits per heavy atom. The summed E-state index contributed by atoms with van der Waals surface area (Å²) in [5, 5.41) is 11.6. The molecule has 0 saturated heterocycles. The lowest BCUT2D eigenvalue weighted by molar-refractivity contribution is 0.102. The van der Waals surface area contributed by atoms with E-state index in [9.17, 15) is 4.79 Å². The number of hydrogen-bond acceptors (Lipinski definition) is 3. The van der Waals surface area contributed by atoms with Gasteiger partial charge in [-0.1, -0.05) is 24.0 Å². The number of carbonyl (C=O) groups excluding carboxylic acids is 1. The number of aryl methyl sites for hydroxylation is 2. The van der Waals surface area contributed by atoms with Gasteiger partial charge in [0, 0.05) is 11.8 Å². The van der Waals surface area contributed by atoms with Crippen molar-refractivity contribution < 1.29 is 9.90 Å². The molecule has 0 bridgehead atoms. The largest absolute Gasteiger partial charge is 0.384 e. The zero-order valence-corrected chi connectivity index (χ0v) is 12.0. The summed E-state index contributed by atoms with van der Waals surface area (Å²) >= 11 is 0. The van der Waals surface area contributed by atoms with Gasteiger partial charge in [0.15, 0.2) is 0 Å². The highest BCUT2D eigenvalue weighted by Crippen LogP contribution is 2.15. The van der Waals surface area contributed by atoms with Gasteiger partial charge < -0.3 is 10.4 Å². The second-order valence-electron chi connectivity index (χ2n) is 4.63. The van der Waals surface area contributed by atoms with Crippen molar-refractivity contribution in [2.45, 2.75) is 13.8 Å². The predicted octanol–water partition coefficient (Wildman–Crippen LogP) is 2.29. The molecular formula is C17H16N2O2. The maximum atomic E-state index is 12.4. The van der Waals surface area contributed by atoms with Crippen LogP contribution < -0.4 is 5.32 Å². The fourth-order valence-corrected chi connectivity index (χ4v) is 1.89. The predicted molar refractivity (Wildman–Crippen MR) is 82.1 cm³/mol. The second-order valence-corrected chi connectivity index (χ2v) is 4.63. The fourth-order valence-electron chi connectivity index (χ4n) is 1.89. The zero-order chi connectivity index (χ0) is 15.2. The van der Waals surface area contributed by atoms with Gasteiger partial charge in [0.25, 0.3) is 5.91 Å². The van der Waals surface area contributed by atoms with Crippen LogP contribution in [-0.4, -0.2) is 22.6 Å². The third-order valence-corrected chi connectivity index (χ3v) is 2.96. The average Bonchev–Trinajstić information content (AvgIpc) is 2.47. The van der Waals surface area contributed by atoms with E-state index in [1.54, 1.807) is 12.3 Å². The molecule has 0 aliphatic rings. The van der Waals surface area contributed by atoms with Crippen LogP contribution in [0.5, 0.6) is 0 Å². The van der Waals surface area contributed by atoms with Crippen LogP contribution in [-0.2, 0) is 0 Å².